The van der Waals surface area contributed by atoms with E-state index in [0.717, 1.165) is 28.9 Å². The predicted molar refractivity (Wildman–Crippen MR) is 84.4 cm³/mol. The van der Waals surface area contributed by atoms with Crippen LogP contribution in [0.3, 0.4) is 0 Å². The summed E-state index contributed by atoms with van der Waals surface area (Å²) in [4.78, 5) is 15.7. The quantitative estimate of drug-likeness (QED) is 0.695. The molecule has 0 amide bonds. The Morgan fingerprint density at radius 3 is 2.77 bits per heavy atom. The third kappa shape index (κ3) is 2.74. The Bertz CT molecular complexity index is 877. The van der Waals surface area contributed by atoms with Gasteiger partial charge < -0.3 is 13.7 Å². The van der Waals surface area contributed by atoms with Crippen molar-refractivity contribution in [1.82, 2.24) is 9.55 Å². The van der Waals surface area contributed by atoms with Crippen LogP contribution >= 0.6 is 0 Å². The SMILES string of the molecule is Cc1ncn(CCOc2ccc3c(C)cc(=O)oc3c2)c1C. The van der Waals surface area contributed by atoms with Gasteiger partial charge in [0.1, 0.15) is 17.9 Å². The first kappa shape index (κ1) is 14.4. The number of ether oxygens (including phenoxy) is 1. The van der Waals surface area contributed by atoms with Crippen molar-refractivity contribution in [2.24, 2.45) is 0 Å². The molecule has 0 spiro atoms. The molecule has 0 fully saturated rings. The number of nitrogens with zero attached hydrogens (tertiary/aromatic N) is 2. The summed E-state index contributed by atoms with van der Waals surface area (Å²) in [5.41, 5.74) is 3.29. The van der Waals surface area contributed by atoms with Gasteiger partial charge in [0.2, 0.25) is 0 Å². The lowest BCUT2D eigenvalue weighted by molar-refractivity contribution is 0.297. The van der Waals surface area contributed by atoms with Crippen LogP contribution < -0.4 is 10.4 Å². The highest BCUT2D eigenvalue weighted by molar-refractivity contribution is 5.81. The Morgan fingerprint density at radius 1 is 1.23 bits per heavy atom. The zero-order chi connectivity index (χ0) is 15.7. The van der Waals surface area contributed by atoms with Crippen LogP contribution in [0.5, 0.6) is 5.75 Å². The van der Waals surface area contributed by atoms with E-state index in [0.29, 0.717) is 17.9 Å². The van der Waals surface area contributed by atoms with Crippen LogP contribution in [0.15, 0.2) is 39.8 Å². The third-order valence-electron chi connectivity index (χ3n) is 3.87. The molecule has 114 valence electrons. The molecule has 0 unspecified atom stereocenters. The largest absolute Gasteiger partial charge is 0.492 e. The number of hydrogen-bond acceptors (Lipinski definition) is 4. The first-order valence-electron chi connectivity index (χ1n) is 7.20. The lowest BCUT2D eigenvalue weighted by Gasteiger charge is -2.09. The van der Waals surface area contributed by atoms with Crippen molar-refractivity contribution in [3.05, 3.63) is 58.0 Å². The summed E-state index contributed by atoms with van der Waals surface area (Å²) in [6.07, 6.45) is 1.82. The van der Waals surface area contributed by atoms with Crippen LogP contribution in [0, 0.1) is 20.8 Å². The van der Waals surface area contributed by atoms with Crippen molar-refractivity contribution in [3.8, 4) is 5.75 Å². The van der Waals surface area contributed by atoms with Gasteiger partial charge in [-0.3, -0.25) is 0 Å². The second-order valence-electron chi connectivity index (χ2n) is 5.36. The molecule has 0 atom stereocenters. The van der Waals surface area contributed by atoms with Crippen LogP contribution in [0.1, 0.15) is 17.0 Å². The Balaban J connectivity index is 1.74. The van der Waals surface area contributed by atoms with Crippen molar-refractivity contribution in [1.29, 1.82) is 0 Å². The van der Waals surface area contributed by atoms with Gasteiger partial charge in [-0.15, -0.1) is 0 Å². The van der Waals surface area contributed by atoms with Crippen molar-refractivity contribution < 1.29 is 9.15 Å². The molecule has 0 aliphatic rings. The minimum atomic E-state index is -0.341. The molecule has 0 N–H and O–H groups in total. The first-order chi connectivity index (χ1) is 10.5. The number of imidazole rings is 1. The molecular weight excluding hydrogens is 280 g/mol. The van der Waals surface area contributed by atoms with Gasteiger partial charge in [0.05, 0.1) is 18.6 Å². The maximum absolute atomic E-state index is 11.4. The average Bonchev–Trinajstić information content (AvgIpc) is 2.79. The van der Waals surface area contributed by atoms with Gasteiger partial charge in [0.25, 0.3) is 0 Å². The summed E-state index contributed by atoms with van der Waals surface area (Å²) in [6.45, 7) is 7.17. The molecule has 0 saturated carbocycles. The summed E-state index contributed by atoms with van der Waals surface area (Å²) in [6, 6.07) is 7.06. The van der Waals surface area contributed by atoms with E-state index in [1.807, 2.05) is 39.2 Å². The van der Waals surface area contributed by atoms with Crippen molar-refractivity contribution in [3.63, 3.8) is 0 Å². The number of aromatic nitrogens is 2. The van der Waals surface area contributed by atoms with Gasteiger partial charge in [-0.2, -0.15) is 0 Å². The van der Waals surface area contributed by atoms with E-state index >= 15 is 0 Å². The molecule has 5 nitrogen and oxygen atoms in total. The summed E-state index contributed by atoms with van der Waals surface area (Å²) in [5, 5.41) is 0.924. The minimum Gasteiger partial charge on any atom is -0.492 e. The van der Waals surface area contributed by atoms with E-state index in [4.69, 9.17) is 9.15 Å². The number of rotatable bonds is 4. The molecule has 1 aromatic carbocycles. The van der Waals surface area contributed by atoms with Crippen LogP contribution in [0.2, 0.25) is 0 Å². The summed E-state index contributed by atoms with van der Waals surface area (Å²) < 4.78 is 13.0. The number of aryl methyl sites for hydroxylation is 2. The first-order valence-corrected chi connectivity index (χ1v) is 7.20. The smallest absolute Gasteiger partial charge is 0.336 e. The molecule has 5 heteroatoms. The van der Waals surface area contributed by atoms with Gasteiger partial charge in [-0.1, -0.05) is 0 Å². The second-order valence-corrected chi connectivity index (χ2v) is 5.36. The van der Waals surface area contributed by atoms with E-state index < -0.39 is 0 Å². The zero-order valence-corrected chi connectivity index (χ0v) is 12.9. The molecule has 3 rings (SSSR count). The van der Waals surface area contributed by atoms with Crippen molar-refractivity contribution in [2.45, 2.75) is 27.3 Å². The second kappa shape index (κ2) is 5.67. The molecular formula is C17H18N2O3. The monoisotopic (exact) mass is 298 g/mol. The zero-order valence-electron chi connectivity index (χ0n) is 12.9. The van der Waals surface area contributed by atoms with Crippen LogP contribution in [-0.4, -0.2) is 16.2 Å². The van der Waals surface area contributed by atoms with Gasteiger partial charge in [0.15, 0.2) is 0 Å². The Labute approximate surface area is 128 Å². The maximum Gasteiger partial charge on any atom is 0.336 e. The van der Waals surface area contributed by atoms with Crippen LogP contribution in [-0.2, 0) is 6.54 Å². The molecule has 22 heavy (non-hydrogen) atoms. The average molecular weight is 298 g/mol. The number of fused-ring (bicyclic) bond motifs is 1. The van der Waals surface area contributed by atoms with E-state index in [-0.39, 0.29) is 5.63 Å². The Kier molecular flexibility index (Phi) is 3.71. The molecule has 2 heterocycles. The number of hydrogen-bond donors (Lipinski definition) is 0. The van der Waals surface area contributed by atoms with E-state index in [2.05, 4.69) is 9.55 Å². The van der Waals surface area contributed by atoms with Gasteiger partial charge in [-0.05, 0) is 38.5 Å². The molecule has 2 aromatic heterocycles. The highest BCUT2D eigenvalue weighted by Crippen LogP contribution is 2.22. The van der Waals surface area contributed by atoms with Crippen molar-refractivity contribution in [2.75, 3.05) is 6.61 Å². The fourth-order valence-electron chi connectivity index (χ4n) is 2.43. The number of benzene rings is 1. The maximum atomic E-state index is 11.4. The van der Waals surface area contributed by atoms with E-state index in [1.165, 1.54) is 6.07 Å². The highest BCUT2D eigenvalue weighted by Gasteiger charge is 2.05. The predicted octanol–water partition coefficient (Wildman–Crippen LogP) is 2.99. The Morgan fingerprint density at radius 2 is 2.05 bits per heavy atom. The normalized spacial score (nSPS) is 11.0. The van der Waals surface area contributed by atoms with Crippen LogP contribution in [0.25, 0.3) is 11.0 Å². The minimum absolute atomic E-state index is 0.341. The molecule has 0 radical (unpaired) electrons. The van der Waals surface area contributed by atoms with Crippen molar-refractivity contribution >= 4 is 11.0 Å². The topological polar surface area (TPSA) is 57.3 Å². The van der Waals surface area contributed by atoms with Crippen LogP contribution in [0.4, 0.5) is 0 Å². The van der Waals surface area contributed by atoms with E-state index in [1.54, 1.807) is 6.07 Å². The summed E-state index contributed by atoms with van der Waals surface area (Å²) >= 11 is 0. The fourth-order valence-corrected chi connectivity index (χ4v) is 2.43. The lowest BCUT2D eigenvalue weighted by Crippen LogP contribution is -2.08. The van der Waals surface area contributed by atoms with Gasteiger partial charge in [-0.25, -0.2) is 9.78 Å². The third-order valence-corrected chi connectivity index (χ3v) is 3.87. The van der Waals surface area contributed by atoms with Gasteiger partial charge in [0, 0.05) is 23.2 Å². The fraction of sp³-hybridized carbons (Fsp3) is 0.294. The standard InChI is InChI=1S/C17H18N2O3/c1-11-8-17(20)22-16-9-14(4-5-15(11)16)21-7-6-19-10-18-12(2)13(19)3/h4-5,8-10H,6-7H2,1-3H3. The molecule has 0 bridgehead atoms. The molecule has 0 saturated heterocycles. The van der Waals surface area contributed by atoms with Gasteiger partial charge >= 0.3 is 5.63 Å². The summed E-state index contributed by atoms with van der Waals surface area (Å²) in [5.74, 6) is 0.691. The van der Waals surface area contributed by atoms with E-state index in [9.17, 15) is 4.79 Å². The molecule has 3 aromatic rings. The summed E-state index contributed by atoms with van der Waals surface area (Å²) in [7, 11) is 0. The molecule has 0 aliphatic carbocycles. The molecule has 0 aliphatic heterocycles. The Hall–Kier alpha value is -2.56. The lowest BCUT2D eigenvalue weighted by atomic mass is 10.1. The highest BCUT2D eigenvalue weighted by atomic mass is 16.5.